The molecule has 2 aromatic carbocycles. The third-order valence-electron chi connectivity index (χ3n) is 5.01. The number of carboxylic acids is 1. The third-order valence-corrected chi connectivity index (χ3v) is 5.01. The second-order valence-electron chi connectivity index (χ2n) is 6.58. The van der Waals surface area contributed by atoms with Crippen molar-refractivity contribution in [3.05, 3.63) is 42.0 Å². The smallest absolute Gasteiger partial charge is 0.326 e. The zero-order chi connectivity index (χ0) is 18.0. The molecule has 1 aliphatic heterocycles. The molecule has 2 atom stereocenters. The van der Waals surface area contributed by atoms with Crippen molar-refractivity contribution in [2.45, 2.75) is 38.1 Å². The first-order chi connectivity index (χ1) is 12.0. The molecule has 1 heterocycles. The lowest BCUT2D eigenvalue weighted by atomic mass is 9.94. The van der Waals surface area contributed by atoms with Crippen LogP contribution in [-0.2, 0) is 9.59 Å². The number of carboxylic acid groups (broad SMARTS) is 1. The molecule has 1 aliphatic rings. The molecule has 132 valence electrons. The Labute approximate surface area is 147 Å². The number of benzene rings is 2. The molecular weight excluding hydrogens is 318 g/mol. The van der Waals surface area contributed by atoms with E-state index < -0.39 is 12.0 Å². The van der Waals surface area contributed by atoms with Gasteiger partial charge in [0.05, 0.1) is 13.0 Å². The van der Waals surface area contributed by atoms with Gasteiger partial charge in [-0.25, -0.2) is 4.79 Å². The predicted molar refractivity (Wildman–Crippen MR) is 95.9 cm³/mol. The average Bonchev–Trinajstić information content (AvgIpc) is 2.65. The lowest BCUT2D eigenvalue weighted by Crippen LogP contribution is -2.49. The Hall–Kier alpha value is -2.56. The van der Waals surface area contributed by atoms with E-state index in [1.807, 2.05) is 43.3 Å². The molecule has 3 rings (SSSR count). The van der Waals surface area contributed by atoms with E-state index in [-0.39, 0.29) is 11.8 Å². The number of likely N-dealkylation sites (tertiary alicyclic amines) is 1. The number of rotatable bonds is 4. The Balaban J connectivity index is 1.86. The number of amides is 1. The summed E-state index contributed by atoms with van der Waals surface area (Å²) >= 11 is 0. The summed E-state index contributed by atoms with van der Waals surface area (Å²) in [6.07, 6.45) is 2.25. The highest BCUT2D eigenvalue weighted by atomic mass is 16.5. The molecule has 5 heteroatoms. The maximum atomic E-state index is 12.9. The first kappa shape index (κ1) is 17.3. The zero-order valence-corrected chi connectivity index (χ0v) is 14.6. The normalized spacial score (nSPS) is 18.8. The molecule has 0 unspecified atom stereocenters. The van der Waals surface area contributed by atoms with Gasteiger partial charge in [0.25, 0.3) is 0 Å². The minimum Gasteiger partial charge on any atom is -0.497 e. The quantitative estimate of drug-likeness (QED) is 0.925. The summed E-state index contributed by atoms with van der Waals surface area (Å²) in [5, 5.41) is 11.5. The van der Waals surface area contributed by atoms with Crippen molar-refractivity contribution in [1.82, 2.24) is 4.90 Å². The fourth-order valence-corrected chi connectivity index (χ4v) is 3.48. The van der Waals surface area contributed by atoms with Gasteiger partial charge in [0, 0.05) is 6.54 Å². The molecule has 1 fully saturated rings. The Morgan fingerprint density at radius 2 is 1.88 bits per heavy atom. The van der Waals surface area contributed by atoms with Crippen molar-refractivity contribution in [2.24, 2.45) is 0 Å². The van der Waals surface area contributed by atoms with E-state index in [4.69, 9.17) is 4.74 Å². The van der Waals surface area contributed by atoms with Gasteiger partial charge in [0.15, 0.2) is 0 Å². The van der Waals surface area contributed by atoms with Gasteiger partial charge in [-0.2, -0.15) is 0 Å². The first-order valence-electron chi connectivity index (χ1n) is 8.62. The highest BCUT2D eigenvalue weighted by Gasteiger charge is 2.34. The largest absolute Gasteiger partial charge is 0.497 e. The maximum Gasteiger partial charge on any atom is 0.326 e. The number of piperidine rings is 1. The van der Waals surface area contributed by atoms with Crippen LogP contribution in [0.5, 0.6) is 5.75 Å². The van der Waals surface area contributed by atoms with Crippen LogP contribution in [0.3, 0.4) is 0 Å². The lowest BCUT2D eigenvalue weighted by molar-refractivity contribution is -0.152. The van der Waals surface area contributed by atoms with Crippen LogP contribution in [0.25, 0.3) is 10.8 Å². The molecule has 1 N–H and O–H groups in total. The number of carbonyl (C=O) groups excluding carboxylic acids is 1. The molecule has 0 aliphatic carbocycles. The summed E-state index contributed by atoms with van der Waals surface area (Å²) < 4.78 is 5.24. The van der Waals surface area contributed by atoms with Crippen molar-refractivity contribution < 1.29 is 19.4 Å². The monoisotopic (exact) mass is 341 g/mol. The van der Waals surface area contributed by atoms with Crippen LogP contribution in [0.15, 0.2) is 36.4 Å². The fourth-order valence-electron chi connectivity index (χ4n) is 3.48. The Morgan fingerprint density at radius 3 is 2.60 bits per heavy atom. The summed E-state index contributed by atoms with van der Waals surface area (Å²) in [5.74, 6) is -0.598. The molecule has 2 aromatic rings. The van der Waals surface area contributed by atoms with Gasteiger partial charge in [-0.15, -0.1) is 0 Å². The SMILES string of the molecule is COc1ccc2cc([C@H](C)C(=O)N3CCCC[C@H]3C(=O)O)ccc2c1. The molecule has 25 heavy (non-hydrogen) atoms. The van der Waals surface area contributed by atoms with Gasteiger partial charge >= 0.3 is 5.97 Å². The van der Waals surface area contributed by atoms with Crippen molar-refractivity contribution in [3.8, 4) is 5.75 Å². The van der Waals surface area contributed by atoms with E-state index >= 15 is 0 Å². The molecule has 0 radical (unpaired) electrons. The standard InChI is InChI=1S/C20H23NO4/c1-13(19(22)21-10-4-3-5-18(21)20(23)24)14-6-7-16-12-17(25-2)9-8-15(16)11-14/h6-9,11-13,18H,3-5,10H2,1-2H3,(H,23,24)/t13-,18-/m0/s1. The van der Waals surface area contributed by atoms with Gasteiger partial charge in [-0.1, -0.05) is 24.3 Å². The van der Waals surface area contributed by atoms with E-state index in [1.54, 1.807) is 7.11 Å². The summed E-state index contributed by atoms with van der Waals surface area (Å²) in [4.78, 5) is 25.9. The molecule has 0 spiro atoms. The topological polar surface area (TPSA) is 66.8 Å². The fraction of sp³-hybridized carbons (Fsp3) is 0.400. The van der Waals surface area contributed by atoms with Gasteiger partial charge in [-0.3, -0.25) is 4.79 Å². The average molecular weight is 341 g/mol. The Morgan fingerprint density at radius 1 is 1.16 bits per heavy atom. The number of aliphatic carboxylic acids is 1. The van der Waals surface area contributed by atoms with Crippen LogP contribution < -0.4 is 4.74 Å². The lowest BCUT2D eigenvalue weighted by Gasteiger charge is -2.34. The number of methoxy groups -OCH3 is 1. The molecule has 0 saturated carbocycles. The van der Waals surface area contributed by atoms with E-state index in [9.17, 15) is 14.7 Å². The van der Waals surface area contributed by atoms with E-state index in [0.717, 1.165) is 34.9 Å². The van der Waals surface area contributed by atoms with Gasteiger partial charge < -0.3 is 14.7 Å². The maximum absolute atomic E-state index is 12.9. The minimum absolute atomic E-state index is 0.111. The molecular formula is C20H23NO4. The Kier molecular flexibility index (Phi) is 4.93. The molecule has 0 aromatic heterocycles. The van der Waals surface area contributed by atoms with Crippen molar-refractivity contribution in [2.75, 3.05) is 13.7 Å². The summed E-state index contributed by atoms with van der Waals surface area (Å²) in [5.41, 5.74) is 0.900. The predicted octanol–water partition coefficient (Wildman–Crippen LogP) is 3.42. The summed E-state index contributed by atoms with van der Waals surface area (Å²) in [7, 11) is 1.63. The van der Waals surface area contributed by atoms with Crippen LogP contribution in [0.1, 0.15) is 37.7 Å². The molecule has 1 amide bonds. The third kappa shape index (κ3) is 3.45. The summed E-state index contributed by atoms with van der Waals surface area (Å²) in [6, 6.07) is 11.0. The minimum atomic E-state index is -0.911. The summed E-state index contributed by atoms with van der Waals surface area (Å²) in [6.45, 7) is 2.37. The van der Waals surface area contributed by atoms with Gasteiger partial charge in [0.2, 0.25) is 5.91 Å². The van der Waals surface area contributed by atoms with Crippen LogP contribution in [-0.4, -0.2) is 41.6 Å². The van der Waals surface area contributed by atoms with Crippen molar-refractivity contribution in [1.29, 1.82) is 0 Å². The second-order valence-corrected chi connectivity index (χ2v) is 6.58. The van der Waals surface area contributed by atoms with Gasteiger partial charge in [0.1, 0.15) is 11.8 Å². The molecule has 5 nitrogen and oxygen atoms in total. The van der Waals surface area contributed by atoms with Crippen LogP contribution in [0, 0.1) is 0 Å². The zero-order valence-electron chi connectivity index (χ0n) is 14.6. The number of hydrogen-bond donors (Lipinski definition) is 1. The van der Waals surface area contributed by atoms with Crippen LogP contribution >= 0.6 is 0 Å². The van der Waals surface area contributed by atoms with Gasteiger partial charge in [-0.05, 0) is 54.7 Å². The van der Waals surface area contributed by atoms with E-state index in [0.29, 0.717) is 13.0 Å². The van der Waals surface area contributed by atoms with E-state index in [1.165, 1.54) is 4.90 Å². The van der Waals surface area contributed by atoms with E-state index in [2.05, 4.69) is 0 Å². The van der Waals surface area contributed by atoms with Crippen molar-refractivity contribution in [3.63, 3.8) is 0 Å². The van der Waals surface area contributed by atoms with Crippen molar-refractivity contribution >= 4 is 22.6 Å². The second kappa shape index (κ2) is 7.13. The van der Waals surface area contributed by atoms with Crippen LogP contribution in [0.4, 0.5) is 0 Å². The highest BCUT2D eigenvalue weighted by molar-refractivity contribution is 5.90. The number of carbonyl (C=O) groups is 2. The number of hydrogen-bond acceptors (Lipinski definition) is 3. The number of ether oxygens (including phenoxy) is 1. The molecule has 0 bridgehead atoms. The number of fused-ring (bicyclic) bond motifs is 1. The van der Waals surface area contributed by atoms with Crippen LogP contribution in [0.2, 0.25) is 0 Å². The number of nitrogens with zero attached hydrogens (tertiary/aromatic N) is 1. The Bertz CT molecular complexity index is 801. The first-order valence-corrected chi connectivity index (χ1v) is 8.62. The molecule has 1 saturated heterocycles. The highest BCUT2D eigenvalue weighted by Crippen LogP contribution is 2.28.